The Morgan fingerprint density at radius 2 is 1.90 bits per heavy atom. The molecule has 1 aromatic heterocycles. The molecule has 0 atom stereocenters. The molecule has 0 bridgehead atoms. The molecule has 0 unspecified atom stereocenters. The first-order valence-corrected chi connectivity index (χ1v) is 6.70. The molecule has 20 heavy (non-hydrogen) atoms. The summed E-state index contributed by atoms with van der Waals surface area (Å²) in [7, 11) is 0. The SMILES string of the molecule is O=C(CCl)c1c(-c2ccccc2)[nH]c2ccc(F)cc12. The van der Waals surface area contributed by atoms with Crippen LogP contribution in [0.5, 0.6) is 0 Å². The van der Waals surface area contributed by atoms with Gasteiger partial charge in [-0.1, -0.05) is 30.3 Å². The fraction of sp³-hybridized carbons (Fsp3) is 0.0625. The Balaban J connectivity index is 2.34. The summed E-state index contributed by atoms with van der Waals surface area (Å²) in [6.07, 6.45) is 0. The fourth-order valence-electron chi connectivity index (χ4n) is 2.34. The molecule has 2 nitrogen and oxygen atoms in total. The van der Waals surface area contributed by atoms with E-state index >= 15 is 0 Å². The zero-order chi connectivity index (χ0) is 14.1. The number of Topliss-reactive ketones (excluding diaryl/α,β-unsaturated/α-hetero) is 1. The van der Waals surface area contributed by atoms with Crippen LogP contribution in [-0.2, 0) is 0 Å². The van der Waals surface area contributed by atoms with Gasteiger partial charge in [0.05, 0.1) is 17.1 Å². The smallest absolute Gasteiger partial charge is 0.180 e. The van der Waals surface area contributed by atoms with Gasteiger partial charge in [0.25, 0.3) is 0 Å². The van der Waals surface area contributed by atoms with Gasteiger partial charge in [0.2, 0.25) is 0 Å². The monoisotopic (exact) mass is 287 g/mol. The number of hydrogen-bond acceptors (Lipinski definition) is 1. The molecule has 1 heterocycles. The van der Waals surface area contributed by atoms with E-state index in [4.69, 9.17) is 11.6 Å². The molecule has 100 valence electrons. The van der Waals surface area contributed by atoms with E-state index < -0.39 is 0 Å². The van der Waals surface area contributed by atoms with Crippen LogP contribution in [0.25, 0.3) is 22.2 Å². The summed E-state index contributed by atoms with van der Waals surface area (Å²) in [5, 5.41) is 0.564. The minimum Gasteiger partial charge on any atom is -0.354 e. The van der Waals surface area contributed by atoms with E-state index in [9.17, 15) is 9.18 Å². The number of hydrogen-bond donors (Lipinski definition) is 1. The molecule has 0 spiro atoms. The Bertz CT molecular complexity index is 780. The highest BCUT2D eigenvalue weighted by Crippen LogP contribution is 2.31. The first-order valence-electron chi connectivity index (χ1n) is 6.16. The molecule has 2 aromatic carbocycles. The van der Waals surface area contributed by atoms with Gasteiger partial charge >= 0.3 is 0 Å². The molecule has 0 saturated carbocycles. The number of halogens is 2. The third-order valence-corrected chi connectivity index (χ3v) is 3.47. The average Bonchev–Trinajstić information content (AvgIpc) is 2.86. The van der Waals surface area contributed by atoms with Gasteiger partial charge in [0.1, 0.15) is 5.82 Å². The van der Waals surface area contributed by atoms with Crippen molar-refractivity contribution in [2.24, 2.45) is 0 Å². The summed E-state index contributed by atoms with van der Waals surface area (Å²) >= 11 is 5.69. The van der Waals surface area contributed by atoms with Gasteiger partial charge in [-0.05, 0) is 23.8 Å². The van der Waals surface area contributed by atoms with E-state index in [1.165, 1.54) is 12.1 Å². The molecule has 0 aliphatic heterocycles. The Morgan fingerprint density at radius 1 is 1.15 bits per heavy atom. The molecule has 0 saturated heterocycles. The van der Waals surface area contributed by atoms with Crippen molar-refractivity contribution in [3.63, 3.8) is 0 Å². The van der Waals surface area contributed by atoms with Crippen LogP contribution in [0.2, 0.25) is 0 Å². The number of benzene rings is 2. The summed E-state index contributed by atoms with van der Waals surface area (Å²) in [5.41, 5.74) is 2.72. The van der Waals surface area contributed by atoms with Gasteiger partial charge in [0.15, 0.2) is 5.78 Å². The molecular weight excluding hydrogens is 277 g/mol. The maximum absolute atomic E-state index is 13.4. The molecular formula is C16H11ClFNO. The van der Waals surface area contributed by atoms with Crippen molar-refractivity contribution in [3.8, 4) is 11.3 Å². The van der Waals surface area contributed by atoms with E-state index in [1.54, 1.807) is 6.07 Å². The predicted octanol–water partition coefficient (Wildman–Crippen LogP) is 4.40. The van der Waals surface area contributed by atoms with Gasteiger partial charge in [-0.15, -0.1) is 11.6 Å². The van der Waals surface area contributed by atoms with Crippen LogP contribution in [0.3, 0.4) is 0 Å². The Hall–Kier alpha value is -2.13. The molecule has 0 amide bonds. The Labute approximate surface area is 120 Å². The Kier molecular flexibility index (Phi) is 3.28. The van der Waals surface area contributed by atoms with Gasteiger partial charge in [-0.2, -0.15) is 0 Å². The zero-order valence-electron chi connectivity index (χ0n) is 10.5. The quantitative estimate of drug-likeness (QED) is 0.562. The summed E-state index contributed by atoms with van der Waals surface area (Å²) in [4.78, 5) is 15.3. The summed E-state index contributed by atoms with van der Waals surface area (Å²) in [6.45, 7) is 0. The van der Waals surface area contributed by atoms with E-state index in [0.29, 0.717) is 16.6 Å². The van der Waals surface area contributed by atoms with Gasteiger partial charge < -0.3 is 4.98 Å². The standard InChI is InChI=1S/C16H11ClFNO/c17-9-14(20)15-12-8-11(18)6-7-13(12)19-16(15)10-4-2-1-3-5-10/h1-8,19H,9H2. The average molecular weight is 288 g/mol. The molecule has 4 heteroatoms. The van der Waals surface area contributed by atoms with Crippen molar-refractivity contribution in [1.82, 2.24) is 4.98 Å². The highest BCUT2D eigenvalue weighted by molar-refractivity contribution is 6.33. The van der Waals surface area contributed by atoms with Crippen LogP contribution >= 0.6 is 11.6 Å². The highest BCUT2D eigenvalue weighted by Gasteiger charge is 2.19. The number of rotatable bonds is 3. The molecule has 1 N–H and O–H groups in total. The van der Waals surface area contributed by atoms with E-state index in [0.717, 1.165) is 11.1 Å². The van der Waals surface area contributed by atoms with E-state index in [2.05, 4.69) is 4.98 Å². The third kappa shape index (κ3) is 2.10. The van der Waals surface area contributed by atoms with Gasteiger partial charge in [-0.3, -0.25) is 4.79 Å². The molecule has 3 aromatic rings. The number of carbonyl (C=O) groups excluding carboxylic acids is 1. The number of H-pyrrole nitrogens is 1. The van der Waals surface area contributed by atoms with Gasteiger partial charge in [-0.25, -0.2) is 4.39 Å². The lowest BCUT2D eigenvalue weighted by Crippen LogP contribution is -2.01. The van der Waals surface area contributed by atoms with Gasteiger partial charge in [0, 0.05) is 10.9 Å². The van der Waals surface area contributed by atoms with E-state index in [1.807, 2.05) is 30.3 Å². The topological polar surface area (TPSA) is 32.9 Å². The molecule has 3 rings (SSSR count). The van der Waals surface area contributed by atoms with Crippen molar-refractivity contribution in [3.05, 3.63) is 59.9 Å². The second kappa shape index (κ2) is 5.10. The lowest BCUT2D eigenvalue weighted by atomic mass is 10.0. The summed E-state index contributed by atoms with van der Waals surface area (Å²) in [5.74, 6) is -0.731. The minimum atomic E-state index is -0.375. The van der Waals surface area contributed by atoms with E-state index in [-0.39, 0.29) is 17.5 Å². The van der Waals surface area contributed by atoms with Crippen molar-refractivity contribution in [1.29, 1.82) is 0 Å². The minimum absolute atomic E-state index is 0.136. The van der Waals surface area contributed by atoms with Crippen molar-refractivity contribution in [2.45, 2.75) is 0 Å². The van der Waals surface area contributed by atoms with Crippen LogP contribution in [0, 0.1) is 5.82 Å². The van der Waals surface area contributed by atoms with Crippen LogP contribution in [-0.4, -0.2) is 16.6 Å². The third-order valence-electron chi connectivity index (χ3n) is 3.22. The maximum Gasteiger partial charge on any atom is 0.180 e. The predicted molar refractivity (Wildman–Crippen MR) is 78.7 cm³/mol. The zero-order valence-corrected chi connectivity index (χ0v) is 11.2. The first kappa shape index (κ1) is 12.9. The summed E-state index contributed by atoms with van der Waals surface area (Å²) < 4.78 is 13.4. The van der Waals surface area contributed by atoms with Crippen LogP contribution in [0.4, 0.5) is 4.39 Å². The Morgan fingerprint density at radius 3 is 2.60 bits per heavy atom. The number of nitrogens with one attached hydrogen (secondary N) is 1. The van der Waals surface area contributed by atoms with Crippen molar-refractivity contribution in [2.75, 3.05) is 5.88 Å². The largest absolute Gasteiger partial charge is 0.354 e. The molecule has 0 fully saturated rings. The van der Waals surface area contributed by atoms with Crippen LogP contribution in [0.1, 0.15) is 10.4 Å². The molecule has 0 aliphatic rings. The number of alkyl halides is 1. The van der Waals surface area contributed by atoms with Crippen molar-refractivity contribution >= 4 is 28.3 Å². The second-order valence-corrected chi connectivity index (χ2v) is 4.75. The number of aromatic nitrogens is 1. The summed E-state index contributed by atoms with van der Waals surface area (Å²) in [6, 6.07) is 13.8. The highest BCUT2D eigenvalue weighted by atomic mass is 35.5. The van der Waals surface area contributed by atoms with Crippen molar-refractivity contribution < 1.29 is 9.18 Å². The lowest BCUT2D eigenvalue weighted by molar-refractivity contribution is 0.102. The number of fused-ring (bicyclic) bond motifs is 1. The van der Waals surface area contributed by atoms with Crippen LogP contribution in [0.15, 0.2) is 48.5 Å². The normalized spacial score (nSPS) is 10.9. The fourth-order valence-corrected chi connectivity index (χ4v) is 2.48. The number of carbonyl (C=O) groups is 1. The second-order valence-electron chi connectivity index (χ2n) is 4.49. The number of ketones is 1. The number of aromatic amines is 1. The molecule has 0 aliphatic carbocycles. The van der Waals surface area contributed by atoms with Crippen LogP contribution < -0.4 is 0 Å². The maximum atomic E-state index is 13.4. The first-order chi connectivity index (χ1) is 9.70. The molecule has 0 radical (unpaired) electrons. The lowest BCUT2D eigenvalue weighted by Gasteiger charge is -2.02.